The Bertz CT molecular complexity index is 440. The molecule has 1 aromatic carbocycles. The van der Waals surface area contributed by atoms with Crippen molar-refractivity contribution in [2.24, 2.45) is 0 Å². The quantitative estimate of drug-likeness (QED) is 0.809. The number of benzene rings is 1. The molecular weight excluding hydrogens is 208 g/mol. The first kappa shape index (κ1) is 9.98. The van der Waals surface area contributed by atoms with Crippen molar-refractivity contribution in [2.45, 2.75) is 13.5 Å². The van der Waals surface area contributed by atoms with Crippen LogP contribution in [0, 0.1) is 6.92 Å². The summed E-state index contributed by atoms with van der Waals surface area (Å²) in [6.45, 7) is 2.54. The highest BCUT2D eigenvalue weighted by Gasteiger charge is 2.01. The van der Waals surface area contributed by atoms with Crippen molar-refractivity contribution < 1.29 is 4.74 Å². The normalized spacial score (nSPS) is 10.2. The number of aromatic nitrogens is 1. The number of nitrogen functional groups attached to an aromatic ring is 1. The Hall–Kier alpha value is -1.55. The SMILES string of the molecule is Cc1ccc(N)c(OCc2cncs2)c1. The molecule has 2 aromatic rings. The summed E-state index contributed by atoms with van der Waals surface area (Å²) in [6, 6.07) is 5.77. The van der Waals surface area contributed by atoms with Crippen LogP contribution in [-0.4, -0.2) is 4.98 Å². The summed E-state index contributed by atoms with van der Waals surface area (Å²) in [5.41, 5.74) is 9.40. The summed E-state index contributed by atoms with van der Waals surface area (Å²) in [5, 5.41) is 0. The van der Waals surface area contributed by atoms with Crippen molar-refractivity contribution in [2.75, 3.05) is 5.73 Å². The van der Waals surface area contributed by atoms with Gasteiger partial charge in [-0.15, -0.1) is 11.3 Å². The molecule has 0 aliphatic rings. The summed E-state index contributed by atoms with van der Waals surface area (Å²) in [5.74, 6) is 0.739. The Labute approximate surface area is 92.5 Å². The molecular formula is C11H12N2OS. The molecule has 0 bridgehead atoms. The van der Waals surface area contributed by atoms with Crippen LogP contribution in [0.15, 0.2) is 29.9 Å². The van der Waals surface area contributed by atoms with E-state index in [1.165, 1.54) is 0 Å². The molecule has 3 nitrogen and oxygen atoms in total. The van der Waals surface area contributed by atoms with Crippen LogP contribution < -0.4 is 10.5 Å². The fraction of sp³-hybridized carbons (Fsp3) is 0.182. The molecule has 0 aliphatic heterocycles. The molecule has 0 atom stereocenters. The lowest BCUT2D eigenvalue weighted by Crippen LogP contribution is -1.97. The lowest BCUT2D eigenvalue weighted by molar-refractivity contribution is 0.311. The number of aryl methyl sites for hydroxylation is 1. The maximum Gasteiger partial charge on any atom is 0.142 e. The van der Waals surface area contributed by atoms with Gasteiger partial charge >= 0.3 is 0 Å². The molecule has 0 aliphatic carbocycles. The van der Waals surface area contributed by atoms with Gasteiger partial charge in [-0.05, 0) is 24.6 Å². The highest BCUT2D eigenvalue weighted by Crippen LogP contribution is 2.23. The average Bonchev–Trinajstić information content (AvgIpc) is 2.72. The Morgan fingerprint density at radius 1 is 1.47 bits per heavy atom. The fourth-order valence-electron chi connectivity index (χ4n) is 1.23. The average molecular weight is 220 g/mol. The van der Waals surface area contributed by atoms with Gasteiger partial charge in [-0.1, -0.05) is 6.07 Å². The number of anilines is 1. The predicted octanol–water partition coefficient (Wildman–Crippen LogP) is 2.61. The first-order chi connectivity index (χ1) is 7.25. The van der Waals surface area contributed by atoms with Crippen molar-refractivity contribution in [1.29, 1.82) is 0 Å². The number of nitrogens with two attached hydrogens (primary N) is 1. The van der Waals surface area contributed by atoms with Crippen LogP contribution in [-0.2, 0) is 6.61 Å². The zero-order valence-corrected chi connectivity index (χ0v) is 9.25. The van der Waals surface area contributed by atoms with Crippen LogP contribution in [0.3, 0.4) is 0 Å². The van der Waals surface area contributed by atoms with E-state index in [9.17, 15) is 0 Å². The van der Waals surface area contributed by atoms with E-state index in [-0.39, 0.29) is 0 Å². The molecule has 15 heavy (non-hydrogen) atoms. The number of nitrogens with zero attached hydrogens (tertiary/aromatic N) is 1. The third-order valence-corrected chi connectivity index (χ3v) is 2.78. The van der Waals surface area contributed by atoms with E-state index in [2.05, 4.69) is 4.98 Å². The molecule has 0 saturated heterocycles. The minimum Gasteiger partial charge on any atom is -0.486 e. The monoisotopic (exact) mass is 220 g/mol. The highest BCUT2D eigenvalue weighted by molar-refractivity contribution is 7.09. The minimum atomic E-state index is 0.526. The standard InChI is InChI=1S/C11H12N2OS/c1-8-2-3-10(12)11(4-8)14-6-9-5-13-7-15-9/h2-5,7H,6,12H2,1H3. The third kappa shape index (κ3) is 2.47. The van der Waals surface area contributed by atoms with Gasteiger partial charge in [-0.2, -0.15) is 0 Å². The van der Waals surface area contributed by atoms with Gasteiger partial charge in [0, 0.05) is 6.20 Å². The number of ether oxygens (including phenoxy) is 1. The van der Waals surface area contributed by atoms with Crippen LogP contribution in [0.1, 0.15) is 10.4 Å². The topological polar surface area (TPSA) is 48.1 Å². The van der Waals surface area contributed by atoms with Crippen LogP contribution >= 0.6 is 11.3 Å². The molecule has 0 unspecified atom stereocenters. The number of thiazole rings is 1. The molecule has 1 aromatic heterocycles. The van der Waals surface area contributed by atoms with Crippen LogP contribution in [0.4, 0.5) is 5.69 Å². The number of hydrogen-bond donors (Lipinski definition) is 1. The number of rotatable bonds is 3. The summed E-state index contributed by atoms with van der Waals surface area (Å²) in [4.78, 5) is 5.08. The second-order valence-electron chi connectivity index (χ2n) is 3.30. The Morgan fingerprint density at radius 3 is 3.07 bits per heavy atom. The lowest BCUT2D eigenvalue weighted by atomic mass is 10.2. The summed E-state index contributed by atoms with van der Waals surface area (Å²) in [7, 11) is 0. The predicted molar refractivity (Wildman–Crippen MR) is 62.0 cm³/mol. The molecule has 0 saturated carbocycles. The molecule has 1 heterocycles. The van der Waals surface area contributed by atoms with E-state index in [0.29, 0.717) is 12.3 Å². The van der Waals surface area contributed by atoms with Gasteiger partial charge < -0.3 is 10.5 Å². The van der Waals surface area contributed by atoms with Gasteiger partial charge in [0.05, 0.1) is 16.1 Å². The molecule has 0 fully saturated rings. The maximum absolute atomic E-state index is 5.79. The van der Waals surface area contributed by atoms with Gasteiger partial charge in [0.25, 0.3) is 0 Å². The van der Waals surface area contributed by atoms with Crippen LogP contribution in [0.5, 0.6) is 5.75 Å². The minimum absolute atomic E-state index is 0.526. The third-order valence-electron chi connectivity index (χ3n) is 2.02. The van der Waals surface area contributed by atoms with Crippen LogP contribution in [0.2, 0.25) is 0 Å². The van der Waals surface area contributed by atoms with E-state index >= 15 is 0 Å². The molecule has 2 N–H and O–H groups in total. The van der Waals surface area contributed by atoms with Gasteiger partial charge in [0.2, 0.25) is 0 Å². The Kier molecular flexibility index (Phi) is 2.87. The van der Waals surface area contributed by atoms with Crippen LogP contribution in [0.25, 0.3) is 0 Å². The van der Waals surface area contributed by atoms with Crippen molar-refractivity contribution in [1.82, 2.24) is 4.98 Å². The second kappa shape index (κ2) is 4.31. The molecule has 2 rings (SSSR count). The zero-order valence-electron chi connectivity index (χ0n) is 8.43. The summed E-state index contributed by atoms with van der Waals surface area (Å²) >= 11 is 1.58. The van der Waals surface area contributed by atoms with Crippen molar-refractivity contribution >= 4 is 17.0 Å². The van der Waals surface area contributed by atoms with E-state index in [1.807, 2.05) is 25.1 Å². The number of hydrogen-bond acceptors (Lipinski definition) is 4. The van der Waals surface area contributed by atoms with Gasteiger partial charge in [-0.3, -0.25) is 4.98 Å². The summed E-state index contributed by atoms with van der Waals surface area (Å²) < 4.78 is 5.61. The molecule has 0 amide bonds. The molecule has 0 radical (unpaired) electrons. The van der Waals surface area contributed by atoms with Crippen molar-refractivity contribution in [3.8, 4) is 5.75 Å². The Balaban J connectivity index is 2.07. The molecule has 78 valence electrons. The highest BCUT2D eigenvalue weighted by atomic mass is 32.1. The first-order valence-electron chi connectivity index (χ1n) is 4.62. The first-order valence-corrected chi connectivity index (χ1v) is 5.50. The zero-order chi connectivity index (χ0) is 10.7. The van der Waals surface area contributed by atoms with Gasteiger partial charge in [0.1, 0.15) is 12.4 Å². The lowest BCUT2D eigenvalue weighted by Gasteiger charge is -2.08. The van der Waals surface area contributed by atoms with E-state index in [4.69, 9.17) is 10.5 Å². The van der Waals surface area contributed by atoms with Gasteiger partial charge in [-0.25, -0.2) is 0 Å². The second-order valence-corrected chi connectivity index (χ2v) is 4.27. The largest absolute Gasteiger partial charge is 0.486 e. The smallest absolute Gasteiger partial charge is 0.142 e. The van der Waals surface area contributed by atoms with E-state index in [0.717, 1.165) is 16.2 Å². The van der Waals surface area contributed by atoms with Crippen molar-refractivity contribution in [3.05, 3.63) is 40.3 Å². The van der Waals surface area contributed by atoms with E-state index < -0.39 is 0 Å². The molecule has 4 heteroatoms. The van der Waals surface area contributed by atoms with Gasteiger partial charge in [0.15, 0.2) is 0 Å². The van der Waals surface area contributed by atoms with E-state index in [1.54, 1.807) is 23.0 Å². The molecule has 0 spiro atoms. The van der Waals surface area contributed by atoms with Crippen molar-refractivity contribution in [3.63, 3.8) is 0 Å². The Morgan fingerprint density at radius 2 is 2.33 bits per heavy atom. The fourth-order valence-corrected chi connectivity index (χ4v) is 1.73. The summed E-state index contributed by atoms with van der Waals surface area (Å²) in [6.07, 6.45) is 1.80. The maximum atomic E-state index is 5.79.